The third-order valence-corrected chi connectivity index (χ3v) is 3.23. The molecule has 102 valence electrons. The van der Waals surface area contributed by atoms with Crippen molar-refractivity contribution in [3.05, 3.63) is 22.4 Å². The Labute approximate surface area is 118 Å². The van der Waals surface area contributed by atoms with E-state index in [1.807, 2.05) is 28.7 Å². The van der Waals surface area contributed by atoms with Crippen LogP contribution < -0.4 is 0 Å². The molecule has 0 N–H and O–H groups in total. The van der Waals surface area contributed by atoms with Gasteiger partial charge in [-0.25, -0.2) is 0 Å². The van der Waals surface area contributed by atoms with E-state index in [1.54, 1.807) is 0 Å². The van der Waals surface area contributed by atoms with Gasteiger partial charge in [0, 0.05) is 30.3 Å². The first-order valence-electron chi connectivity index (χ1n) is 6.64. The van der Waals surface area contributed by atoms with Gasteiger partial charge in [0.05, 0.1) is 0 Å². The van der Waals surface area contributed by atoms with Crippen molar-refractivity contribution in [2.45, 2.75) is 40.7 Å². The molecule has 0 saturated carbocycles. The number of hydrogen-bond acceptors (Lipinski definition) is 1. The number of carbonyl (C=O) groups is 1. The van der Waals surface area contributed by atoms with Crippen molar-refractivity contribution in [3.63, 3.8) is 0 Å². The monoisotopic (exact) mass is 314 g/mol. The molecule has 1 amide bonds. The summed E-state index contributed by atoms with van der Waals surface area (Å²) < 4.78 is 3.01. The van der Waals surface area contributed by atoms with Gasteiger partial charge >= 0.3 is 0 Å². The van der Waals surface area contributed by atoms with Gasteiger partial charge in [0.1, 0.15) is 5.69 Å². The lowest BCUT2D eigenvalue weighted by atomic mass is 10.2. The molecule has 0 saturated heterocycles. The first-order valence-corrected chi connectivity index (χ1v) is 7.43. The molecular formula is C14H23BrN2O. The molecule has 1 aromatic rings. The molecule has 0 bridgehead atoms. The van der Waals surface area contributed by atoms with Crippen LogP contribution >= 0.6 is 15.9 Å². The van der Waals surface area contributed by atoms with E-state index in [4.69, 9.17) is 0 Å². The highest BCUT2D eigenvalue weighted by molar-refractivity contribution is 9.10. The summed E-state index contributed by atoms with van der Waals surface area (Å²) in [4.78, 5) is 14.4. The normalized spacial score (nSPS) is 11.0. The van der Waals surface area contributed by atoms with Crippen LogP contribution in [0.25, 0.3) is 0 Å². The third-order valence-electron chi connectivity index (χ3n) is 2.80. The van der Waals surface area contributed by atoms with Crippen LogP contribution in [-0.2, 0) is 6.54 Å². The van der Waals surface area contributed by atoms with Crippen LogP contribution in [0.5, 0.6) is 0 Å². The summed E-state index contributed by atoms with van der Waals surface area (Å²) in [5.74, 6) is 0.622. The van der Waals surface area contributed by atoms with Gasteiger partial charge in [-0.3, -0.25) is 4.79 Å². The Kier molecular flexibility index (Phi) is 5.93. The minimum atomic E-state index is 0.130. The van der Waals surface area contributed by atoms with Gasteiger partial charge in [0.25, 0.3) is 5.91 Å². The average Bonchev–Trinajstić information content (AvgIpc) is 2.66. The first-order chi connectivity index (χ1) is 8.49. The van der Waals surface area contributed by atoms with Crippen LogP contribution in [0.3, 0.4) is 0 Å². The van der Waals surface area contributed by atoms with Crippen molar-refractivity contribution < 1.29 is 4.79 Å². The van der Waals surface area contributed by atoms with Crippen LogP contribution in [0.15, 0.2) is 16.7 Å². The number of halogens is 1. The minimum Gasteiger partial charge on any atom is -0.342 e. The van der Waals surface area contributed by atoms with Crippen molar-refractivity contribution in [1.29, 1.82) is 0 Å². The van der Waals surface area contributed by atoms with E-state index in [0.717, 1.165) is 36.2 Å². The lowest BCUT2D eigenvalue weighted by molar-refractivity contribution is 0.0734. The predicted molar refractivity (Wildman–Crippen MR) is 78.8 cm³/mol. The van der Waals surface area contributed by atoms with E-state index in [-0.39, 0.29) is 5.91 Å². The molecule has 0 radical (unpaired) electrons. The van der Waals surface area contributed by atoms with Gasteiger partial charge < -0.3 is 9.47 Å². The summed E-state index contributed by atoms with van der Waals surface area (Å²) in [6, 6.07) is 1.92. The van der Waals surface area contributed by atoms with E-state index in [2.05, 4.69) is 36.7 Å². The second-order valence-corrected chi connectivity index (χ2v) is 5.89. The van der Waals surface area contributed by atoms with Crippen molar-refractivity contribution in [1.82, 2.24) is 9.47 Å². The molecular weight excluding hydrogens is 292 g/mol. The molecule has 0 unspecified atom stereocenters. The Bertz CT molecular complexity index is 398. The molecule has 0 aliphatic rings. The van der Waals surface area contributed by atoms with Gasteiger partial charge in [-0.05, 0) is 41.3 Å². The van der Waals surface area contributed by atoms with E-state index < -0.39 is 0 Å². The Morgan fingerprint density at radius 3 is 2.61 bits per heavy atom. The molecule has 0 fully saturated rings. The van der Waals surface area contributed by atoms with E-state index in [1.165, 1.54) is 0 Å². The molecule has 18 heavy (non-hydrogen) atoms. The zero-order chi connectivity index (χ0) is 13.7. The number of hydrogen-bond donors (Lipinski definition) is 0. The molecule has 3 nitrogen and oxygen atoms in total. The Balaban J connectivity index is 2.93. The summed E-state index contributed by atoms with van der Waals surface area (Å²) in [7, 11) is 0. The zero-order valence-corrected chi connectivity index (χ0v) is 13.3. The first kappa shape index (κ1) is 15.3. The van der Waals surface area contributed by atoms with Gasteiger partial charge in [0.2, 0.25) is 0 Å². The largest absolute Gasteiger partial charge is 0.342 e. The van der Waals surface area contributed by atoms with Gasteiger partial charge in [-0.1, -0.05) is 20.8 Å². The van der Waals surface area contributed by atoms with Crippen LogP contribution in [0.1, 0.15) is 44.6 Å². The quantitative estimate of drug-likeness (QED) is 0.784. The number of nitrogens with zero attached hydrogens (tertiary/aromatic N) is 2. The molecule has 0 aromatic carbocycles. The molecule has 1 rings (SSSR count). The summed E-state index contributed by atoms with van der Waals surface area (Å²) >= 11 is 3.45. The zero-order valence-electron chi connectivity index (χ0n) is 11.7. The van der Waals surface area contributed by atoms with Gasteiger partial charge in [0.15, 0.2) is 0 Å². The standard InChI is InChI=1S/C14H23BrN2O/c1-5-7-17-10-12(15)8-13(17)14(18)16(6-2)9-11(3)4/h8,10-11H,5-7,9H2,1-4H3. The van der Waals surface area contributed by atoms with Crippen molar-refractivity contribution >= 4 is 21.8 Å². The predicted octanol–water partition coefficient (Wildman–Crippen LogP) is 3.78. The number of carbonyl (C=O) groups excluding carboxylic acids is 1. The maximum Gasteiger partial charge on any atom is 0.270 e. The lowest BCUT2D eigenvalue weighted by Gasteiger charge is -2.23. The maximum absolute atomic E-state index is 12.5. The smallest absolute Gasteiger partial charge is 0.270 e. The Morgan fingerprint density at radius 1 is 1.44 bits per heavy atom. The number of aromatic nitrogens is 1. The lowest BCUT2D eigenvalue weighted by Crippen LogP contribution is -2.35. The third kappa shape index (κ3) is 3.87. The van der Waals surface area contributed by atoms with Crippen LogP contribution in [0.4, 0.5) is 0 Å². The van der Waals surface area contributed by atoms with Gasteiger partial charge in [-0.2, -0.15) is 0 Å². The number of aryl methyl sites for hydroxylation is 1. The highest BCUT2D eigenvalue weighted by Crippen LogP contribution is 2.17. The van der Waals surface area contributed by atoms with Crippen molar-refractivity contribution in [2.24, 2.45) is 5.92 Å². The van der Waals surface area contributed by atoms with Crippen LogP contribution in [-0.4, -0.2) is 28.5 Å². The fraction of sp³-hybridized carbons (Fsp3) is 0.643. The molecule has 0 atom stereocenters. The maximum atomic E-state index is 12.5. The highest BCUT2D eigenvalue weighted by Gasteiger charge is 2.19. The number of rotatable bonds is 6. The Morgan fingerprint density at radius 2 is 2.11 bits per heavy atom. The van der Waals surface area contributed by atoms with E-state index in [9.17, 15) is 4.79 Å². The van der Waals surface area contributed by atoms with Crippen LogP contribution in [0.2, 0.25) is 0 Å². The minimum absolute atomic E-state index is 0.130. The van der Waals surface area contributed by atoms with Gasteiger partial charge in [-0.15, -0.1) is 0 Å². The second-order valence-electron chi connectivity index (χ2n) is 4.97. The van der Waals surface area contributed by atoms with E-state index in [0.29, 0.717) is 5.92 Å². The second kappa shape index (κ2) is 6.98. The SMILES string of the molecule is CCCn1cc(Br)cc1C(=O)N(CC)CC(C)C. The summed E-state index contributed by atoms with van der Waals surface area (Å²) in [5.41, 5.74) is 0.784. The van der Waals surface area contributed by atoms with E-state index >= 15 is 0 Å². The molecule has 0 spiro atoms. The summed E-state index contributed by atoms with van der Waals surface area (Å²) in [5, 5.41) is 0. The Hall–Kier alpha value is -0.770. The molecule has 1 heterocycles. The highest BCUT2D eigenvalue weighted by atomic mass is 79.9. The molecule has 0 aliphatic heterocycles. The fourth-order valence-corrected chi connectivity index (χ4v) is 2.50. The fourth-order valence-electron chi connectivity index (χ4n) is 2.04. The van der Waals surface area contributed by atoms with Crippen molar-refractivity contribution in [3.8, 4) is 0 Å². The summed E-state index contributed by atoms with van der Waals surface area (Å²) in [6.45, 7) is 10.9. The number of amides is 1. The average molecular weight is 315 g/mol. The molecule has 4 heteroatoms. The topological polar surface area (TPSA) is 25.2 Å². The van der Waals surface area contributed by atoms with Crippen molar-refractivity contribution in [2.75, 3.05) is 13.1 Å². The van der Waals surface area contributed by atoms with Crippen LogP contribution in [0, 0.1) is 5.92 Å². The molecule has 1 aromatic heterocycles. The molecule has 0 aliphatic carbocycles. The summed E-state index contributed by atoms with van der Waals surface area (Å²) in [6.07, 6.45) is 3.01.